The number of hydrogen-bond donors (Lipinski definition) is 0. The van der Waals surface area contributed by atoms with Crippen molar-refractivity contribution in [2.75, 3.05) is 0 Å². The molecule has 0 saturated carbocycles. The molecule has 0 atom stereocenters. The van der Waals surface area contributed by atoms with Crippen LogP contribution in [-0.2, 0) is 5.88 Å². The maximum absolute atomic E-state index is 12.6. The summed E-state index contributed by atoms with van der Waals surface area (Å²) >= 11 is 5.98. The van der Waals surface area contributed by atoms with E-state index in [1.165, 1.54) is 0 Å². The molecule has 0 radical (unpaired) electrons. The van der Waals surface area contributed by atoms with Crippen molar-refractivity contribution in [3.8, 4) is 0 Å². The average molecular weight is 301 g/mol. The van der Waals surface area contributed by atoms with Gasteiger partial charge in [-0.1, -0.05) is 37.5 Å². The highest BCUT2D eigenvalue weighted by molar-refractivity contribution is 6.17. The number of rotatable bonds is 4. The molecule has 1 aromatic heterocycles. The molecular weight excluding hydrogens is 284 g/mol. The predicted octanol–water partition coefficient (Wildman–Crippen LogP) is 4.90. The molecule has 0 unspecified atom stereocenters. The SMILES string of the molecule is C=C/C=C(\C=C)c1oc2c(CCl)cc(C)cc2c(=O)c1C. The van der Waals surface area contributed by atoms with Crippen molar-refractivity contribution in [1.29, 1.82) is 0 Å². The second kappa shape index (κ2) is 6.15. The van der Waals surface area contributed by atoms with Crippen molar-refractivity contribution in [2.24, 2.45) is 0 Å². The molecule has 2 rings (SSSR count). The van der Waals surface area contributed by atoms with Crippen LogP contribution in [-0.4, -0.2) is 0 Å². The van der Waals surface area contributed by atoms with Gasteiger partial charge in [0.2, 0.25) is 0 Å². The molecule has 0 saturated heterocycles. The van der Waals surface area contributed by atoms with Gasteiger partial charge in [-0.15, -0.1) is 11.6 Å². The molecule has 21 heavy (non-hydrogen) atoms. The molecule has 3 heteroatoms. The third-order valence-electron chi connectivity index (χ3n) is 3.36. The number of fused-ring (bicyclic) bond motifs is 1. The first kappa shape index (κ1) is 15.3. The maximum Gasteiger partial charge on any atom is 0.196 e. The van der Waals surface area contributed by atoms with Gasteiger partial charge in [-0.2, -0.15) is 0 Å². The number of benzene rings is 1. The van der Waals surface area contributed by atoms with E-state index < -0.39 is 0 Å². The summed E-state index contributed by atoms with van der Waals surface area (Å²) in [6.45, 7) is 11.1. The average Bonchev–Trinajstić information content (AvgIpc) is 2.48. The Bertz CT molecular complexity index is 810. The van der Waals surface area contributed by atoms with Crippen molar-refractivity contribution < 1.29 is 4.42 Å². The lowest BCUT2D eigenvalue weighted by Crippen LogP contribution is -2.09. The summed E-state index contributed by atoms with van der Waals surface area (Å²) in [5.41, 5.74) is 3.58. The van der Waals surface area contributed by atoms with Crippen molar-refractivity contribution in [3.63, 3.8) is 0 Å². The molecule has 1 heterocycles. The Hall–Kier alpha value is -2.06. The first-order valence-electron chi connectivity index (χ1n) is 6.62. The van der Waals surface area contributed by atoms with E-state index in [4.69, 9.17) is 16.0 Å². The van der Waals surface area contributed by atoms with Crippen LogP contribution in [0.25, 0.3) is 16.5 Å². The van der Waals surface area contributed by atoms with Crippen LogP contribution < -0.4 is 5.43 Å². The smallest absolute Gasteiger partial charge is 0.196 e. The minimum atomic E-state index is -0.0434. The fourth-order valence-corrected chi connectivity index (χ4v) is 2.56. The van der Waals surface area contributed by atoms with Crippen LogP contribution in [0.5, 0.6) is 0 Å². The van der Waals surface area contributed by atoms with Gasteiger partial charge in [-0.25, -0.2) is 0 Å². The van der Waals surface area contributed by atoms with Gasteiger partial charge in [0.05, 0.1) is 11.3 Å². The Morgan fingerprint density at radius 2 is 2.05 bits per heavy atom. The van der Waals surface area contributed by atoms with Gasteiger partial charge in [0.25, 0.3) is 0 Å². The highest BCUT2D eigenvalue weighted by Gasteiger charge is 2.15. The molecular formula is C18H17ClO2. The van der Waals surface area contributed by atoms with E-state index in [0.29, 0.717) is 22.3 Å². The lowest BCUT2D eigenvalue weighted by atomic mass is 10.0. The van der Waals surface area contributed by atoms with Crippen molar-refractivity contribution in [1.82, 2.24) is 0 Å². The standard InChI is InChI=1S/C18H17ClO2/c1-5-7-13(6-2)17-12(4)16(20)15-9-11(3)8-14(10-19)18(15)21-17/h5-9H,1-2,10H2,3-4H3/b13-7+. The van der Waals surface area contributed by atoms with Gasteiger partial charge in [-0.3, -0.25) is 4.79 Å². The van der Waals surface area contributed by atoms with Crippen LogP contribution >= 0.6 is 11.6 Å². The number of halogens is 1. The number of aryl methyl sites for hydroxylation is 1. The summed E-state index contributed by atoms with van der Waals surface area (Å²) in [4.78, 5) is 12.6. The molecule has 2 aromatic rings. The van der Waals surface area contributed by atoms with Crippen LogP contribution in [0.3, 0.4) is 0 Å². The Labute approximate surface area is 129 Å². The molecule has 0 aliphatic carbocycles. The van der Waals surface area contributed by atoms with Crippen LogP contribution in [0.1, 0.15) is 22.5 Å². The molecule has 2 nitrogen and oxygen atoms in total. The van der Waals surface area contributed by atoms with Crippen molar-refractivity contribution in [3.05, 3.63) is 76.2 Å². The van der Waals surface area contributed by atoms with E-state index in [1.54, 1.807) is 25.2 Å². The van der Waals surface area contributed by atoms with E-state index >= 15 is 0 Å². The Morgan fingerprint density at radius 1 is 1.33 bits per heavy atom. The zero-order valence-electron chi connectivity index (χ0n) is 12.2. The highest BCUT2D eigenvalue weighted by atomic mass is 35.5. The van der Waals surface area contributed by atoms with Gasteiger partial charge < -0.3 is 4.42 Å². The lowest BCUT2D eigenvalue weighted by Gasteiger charge is -2.10. The summed E-state index contributed by atoms with van der Waals surface area (Å²) < 4.78 is 5.98. The molecule has 0 N–H and O–H groups in total. The van der Waals surface area contributed by atoms with Crippen LogP contribution in [0.2, 0.25) is 0 Å². The maximum atomic E-state index is 12.6. The lowest BCUT2D eigenvalue weighted by molar-refractivity contribution is 0.579. The molecule has 0 spiro atoms. The molecule has 108 valence electrons. The second-order valence-corrected chi connectivity index (χ2v) is 5.15. The number of alkyl halides is 1. The predicted molar refractivity (Wildman–Crippen MR) is 89.9 cm³/mol. The van der Waals surface area contributed by atoms with E-state index in [-0.39, 0.29) is 11.3 Å². The van der Waals surface area contributed by atoms with Gasteiger partial charge in [0.1, 0.15) is 11.3 Å². The largest absolute Gasteiger partial charge is 0.455 e. The molecule has 0 bridgehead atoms. The first-order chi connectivity index (χ1) is 10.0. The normalized spacial score (nSPS) is 11.7. The molecule has 0 fully saturated rings. The third-order valence-corrected chi connectivity index (χ3v) is 3.65. The number of hydrogen-bond acceptors (Lipinski definition) is 2. The third kappa shape index (κ3) is 2.72. The van der Waals surface area contributed by atoms with E-state index in [9.17, 15) is 4.79 Å². The van der Waals surface area contributed by atoms with Gasteiger partial charge in [0.15, 0.2) is 5.43 Å². The summed E-state index contributed by atoms with van der Waals surface area (Å²) in [5.74, 6) is 0.802. The second-order valence-electron chi connectivity index (χ2n) is 4.88. The first-order valence-corrected chi connectivity index (χ1v) is 7.15. The van der Waals surface area contributed by atoms with E-state index in [0.717, 1.165) is 16.7 Å². The van der Waals surface area contributed by atoms with Crippen molar-refractivity contribution >= 4 is 28.1 Å². The van der Waals surface area contributed by atoms with E-state index in [1.807, 2.05) is 19.1 Å². The topological polar surface area (TPSA) is 30.2 Å². The fourth-order valence-electron chi connectivity index (χ4n) is 2.36. The van der Waals surface area contributed by atoms with Crippen LogP contribution in [0.15, 0.2) is 52.7 Å². The highest BCUT2D eigenvalue weighted by Crippen LogP contribution is 2.27. The molecule has 0 aliphatic rings. The monoisotopic (exact) mass is 300 g/mol. The van der Waals surface area contributed by atoms with Crippen LogP contribution in [0, 0.1) is 13.8 Å². The summed E-state index contributed by atoms with van der Waals surface area (Å²) in [6, 6.07) is 3.76. The fraction of sp³-hybridized carbons (Fsp3) is 0.167. The summed E-state index contributed by atoms with van der Waals surface area (Å²) in [5, 5.41) is 0.564. The van der Waals surface area contributed by atoms with Gasteiger partial charge in [0, 0.05) is 16.7 Å². The van der Waals surface area contributed by atoms with Gasteiger partial charge in [-0.05, 0) is 25.5 Å². The molecule has 0 aliphatic heterocycles. The molecule has 0 amide bonds. The Kier molecular flexibility index (Phi) is 4.49. The minimum absolute atomic E-state index is 0.0434. The summed E-state index contributed by atoms with van der Waals surface area (Å²) in [6.07, 6.45) is 5.05. The zero-order valence-corrected chi connectivity index (χ0v) is 13.0. The quantitative estimate of drug-likeness (QED) is 0.593. The van der Waals surface area contributed by atoms with Gasteiger partial charge >= 0.3 is 0 Å². The molecule has 1 aromatic carbocycles. The van der Waals surface area contributed by atoms with Crippen molar-refractivity contribution in [2.45, 2.75) is 19.7 Å². The van der Waals surface area contributed by atoms with E-state index in [2.05, 4.69) is 13.2 Å². The Morgan fingerprint density at radius 3 is 2.62 bits per heavy atom. The number of allylic oxidation sites excluding steroid dienone is 4. The Balaban J connectivity index is 2.94. The van der Waals surface area contributed by atoms with Crippen LogP contribution in [0.4, 0.5) is 0 Å². The zero-order chi connectivity index (χ0) is 15.6. The minimum Gasteiger partial charge on any atom is -0.455 e. The summed E-state index contributed by atoms with van der Waals surface area (Å²) in [7, 11) is 0.